The molecule has 0 atom stereocenters. The third kappa shape index (κ3) is 2.09. The molecule has 2 rings (SSSR count). The molecule has 1 aliphatic rings. The van der Waals surface area contributed by atoms with Gasteiger partial charge in [0.1, 0.15) is 0 Å². The van der Waals surface area contributed by atoms with E-state index in [4.69, 9.17) is 0 Å². The summed E-state index contributed by atoms with van der Waals surface area (Å²) in [6.07, 6.45) is -4.36. The zero-order valence-electron chi connectivity index (χ0n) is 7.39. The van der Waals surface area contributed by atoms with Crippen molar-refractivity contribution < 1.29 is 18.0 Å². The Hall–Kier alpha value is -1.17. The quantitative estimate of drug-likeness (QED) is 0.747. The fraction of sp³-hybridized carbons (Fsp3) is 0.222. The van der Waals surface area contributed by atoms with E-state index in [1.807, 2.05) is 0 Å². The van der Waals surface area contributed by atoms with Crippen LogP contribution in [0.4, 0.5) is 18.9 Å². The fourth-order valence-corrected chi connectivity index (χ4v) is 2.08. The van der Waals surface area contributed by atoms with Crippen molar-refractivity contribution in [3.8, 4) is 0 Å². The molecule has 0 saturated heterocycles. The van der Waals surface area contributed by atoms with E-state index in [1.165, 1.54) is 6.07 Å². The number of hydrogen-bond donors (Lipinski definition) is 1. The van der Waals surface area contributed by atoms with E-state index < -0.39 is 11.7 Å². The number of nitrogens with one attached hydrogen (secondary N) is 1. The molecule has 1 aromatic rings. The van der Waals surface area contributed by atoms with E-state index in [0.717, 1.165) is 23.9 Å². The van der Waals surface area contributed by atoms with Gasteiger partial charge in [0.2, 0.25) is 5.12 Å². The van der Waals surface area contributed by atoms with Crippen molar-refractivity contribution in [3.05, 3.63) is 23.8 Å². The molecule has 0 bridgehead atoms. The summed E-state index contributed by atoms with van der Waals surface area (Å²) in [7, 11) is 0. The minimum Gasteiger partial charge on any atom is -0.376 e. The van der Waals surface area contributed by atoms with Crippen LogP contribution in [0.15, 0.2) is 23.1 Å². The van der Waals surface area contributed by atoms with Crippen LogP contribution in [0.1, 0.15) is 5.56 Å². The number of benzene rings is 1. The van der Waals surface area contributed by atoms with Gasteiger partial charge in [0.15, 0.2) is 0 Å². The number of fused-ring (bicyclic) bond motifs is 1. The first kappa shape index (κ1) is 10.4. The predicted molar refractivity (Wildman–Crippen MR) is 50.8 cm³/mol. The molecule has 0 amide bonds. The van der Waals surface area contributed by atoms with Gasteiger partial charge in [-0.3, -0.25) is 4.79 Å². The van der Waals surface area contributed by atoms with Crippen molar-refractivity contribution >= 4 is 22.6 Å². The SMILES string of the molecule is O=C1CNc2ccc(C(F)(F)F)cc2S1. The normalized spacial score (nSPS) is 15.8. The number of rotatable bonds is 0. The zero-order valence-corrected chi connectivity index (χ0v) is 8.21. The molecule has 6 heteroatoms. The van der Waals surface area contributed by atoms with Gasteiger partial charge >= 0.3 is 6.18 Å². The maximum absolute atomic E-state index is 12.3. The molecule has 1 N–H and O–H groups in total. The van der Waals surface area contributed by atoms with Crippen molar-refractivity contribution in [2.45, 2.75) is 11.1 Å². The number of anilines is 1. The highest BCUT2D eigenvalue weighted by Crippen LogP contribution is 2.37. The molecule has 1 heterocycles. The Morgan fingerprint density at radius 1 is 1.33 bits per heavy atom. The van der Waals surface area contributed by atoms with E-state index >= 15 is 0 Å². The highest BCUT2D eigenvalue weighted by atomic mass is 32.2. The molecular formula is C9H6F3NOS. The van der Waals surface area contributed by atoms with Crippen LogP contribution in [0.3, 0.4) is 0 Å². The van der Waals surface area contributed by atoms with Gasteiger partial charge in [-0.25, -0.2) is 0 Å². The third-order valence-corrected chi connectivity index (χ3v) is 2.89. The Kier molecular flexibility index (Phi) is 2.38. The smallest absolute Gasteiger partial charge is 0.376 e. The molecule has 0 aliphatic carbocycles. The molecule has 0 unspecified atom stereocenters. The lowest BCUT2D eigenvalue weighted by molar-refractivity contribution is -0.137. The van der Waals surface area contributed by atoms with Crippen LogP contribution in [-0.2, 0) is 11.0 Å². The number of alkyl halides is 3. The van der Waals surface area contributed by atoms with Gasteiger partial charge in [-0.1, -0.05) is 0 Å². The molecule has 80 valence electrons. The lowest BCUT2D eigenvalue weighted by Gasteiger charge is -2.17. The molecule has 0 spiro atoms. The average molecular weight is 233 g/mol. The zero-order chi connectivity index (χ0) is 11.1. The second-order valence-corrected chi connectivity index (χ2v) is 4.14. The number of thioether (sulfide) groups is 1. The van der Waals surface area contributed by atoms with E-state index in [9.17, 15) is 18.0 Å². The summed E-state index contributed by atoms with van der Waals surface area (Å²) in [6, 6.07) is 3.34. The highest BCUT2D eigenvalue weighted by Gasteiger charge is 2.31. The van der Waals surface area contributed by atoms with Gasteiger partial charge in [-0.05, 0) is 30.0 Å². The molecule has 0 fully saturated rings. The second kappa shape index (κ2) is 3.44. The summed E-state index contributed by atoms with van der Waals surface area (Å²) in [5.41, 5.74) is -0.155. The van der Waals surface area contributed by atoms with Gasteiger partial charge in [-0.2, -0.15) is 13.2 Å². The first-order valence-corrected chi connectivity index (χ1v) is 4.94. The Balaban J connectivity index is 2.41. The summed E-state index contributed by atoms with van der Waals surface area (Å²) < 4.78 is 37.0. The van der Waals surface area contributed by atoms with Crippen LogP contribution < -0.4 is 5.32 Å². The van der Waals surface area contributed by atoms with Gasteiger partial charge in [0.05, 0.1) is 12.1 Å². The van der Waals surface area contributed by atoms with Crippen LogP contribution in [-0.4, -0.2) is 11.7 Å². The van der Waals surface area contributed by atoms with Crippen molar-refractivity contribution in [1.82, 2.24) is 0 Å². The summed E-state index contributed by atoms with van der Waals surface area (Å²) in [6.45, 7) is 0.156. The van der Waals surface area contributed by atoms with Gasteiger partial charge < -0.3 is 5.32 Å². The monoisotopic (exact) mass is 233 g/mol. The van der Waals surface area contributed by atoms with Crippen LogP contribution in [0.5, 0.6) is 0 Å². The van der Waals surface area contributed by atoms with Crippen LogP contribution >= 0.6 is 11.8 Å². The number of carbonyl (C=O) groups is 1. The van der Waals surface area contributed by atoms with E-state index in [-0.39, 0.29) is 11.7 Å². The topological polar surface area (TPSA) is 29.1 Å². The van der Waals surface area contributed by atoms with E-state index in [2.05, 4.69) is 5.32 Å². The summed E-state index contributed by atoms with van der Waals surface area (Å²) >= 11 is 0.841. The Labute approximate surface area is 87.9 Å². The van der Waals surface area contributed by atoms with Crippen molar-refractivity contribution in [2.75, 3.05) is 11.9 Å². The summed E-state index contributed by atoms with van der Waals surface area (Å²) in [5.74, 6) is 0. The molecule has 15 heavy (non-hydrogen) atoms. The predicted octanol–water partition coefficient (Wildman–Crippen LogP) is 2.75. The molecular weight excluding hydrogens is 227 g/mol. The lowest BCUT2D eigenvalue weighted by Crippen LogP contribution is -2.16. The second-order valence-electron chi connectivity index (χ2n) is 3.04. The van der Waals surface area contributed by atoms with Gasteiger partial charge in [0.25, 0.3) is 0 Å². The molecule has 2 nitrogen and oxygen atoms in total. The fourth-order valence-electron chi connectivity index (χ4n) is 1.26. The minimum absolute atomic E-state index is 0.156. The molecule has 0 aromatic heterocycles. The van der Waals surface area contributed by atoms with Crippen molar-refractivity contribution in [3.63, 3.8) is 0 Å². The molecule has 0 radical (unpaired) electrons. The van der Waals surface area contributed by atoms with E-state index in [0.29, 0.717) is 10.6 Å². The summed E-state index contributed by atoms with van der Waals surface area (Å²) in [4.78, 5) is 11.3. The van der Waals surface area contributed by atoms with Crippen LogP contribution in [0, 0.1) is 0 Å². The molecule has 1 aliphatic heterocycles. The average Bonchev–Trinajstić information content (AvgIpc) is 2.15. The first-order valence-electron chi connectivity index (χ1n) is 4.12. The number of halogens is 3. The number of hydrogen-bond acceptors (Lipinski definition) is 3. The largest absolute Gasteiger partial charge is 0.416 e. The van der Waals surface area contributed by atoms with Crippen molar-refractivity contribution in [2.24, 2.45) is 0 Å². The maximum Gasteiger partial charge on any atom is 0.416 e. The Morgan fingerprint density at radius 3 is 2.73 bits per heavy atom. The molecule has 0 saturated carbocycles. The number of carbonyl (C=O) groups excluding carboxylic acids is 1. The van der Waals surface area contributed by atoms with Gasteiger partial charge in [-0.15, -0.1) is 0 Å². The third-order valence-electron chi connectivity index (χ3n) is 1.96. The Morgan fingerprint density at radius 2 is 2.07 bits per heavy atom. The van der Waals surface area contributed by atoms with Crippen molar-refractivity contribution in [1.29, 1.82) is 0 Å². The first-order chi connectivity index (χ1) is 6.97. The highest BCUT2D eigenvalue weighted by molar-refractivity contribution is 8.14. The standard InChI is InChI=1S/C9H6F3NOS/c10-9(11,12)5-1-2-6-7(3-5)15-8(14)4-13-6/h1-3,13H,4H2. The van der Waals surface area contributed by atoms with E-state index in [1.54, 1.807) is 0 Å². The van der Waals surface area contributed by atoms with Crippen LogP contribution in [0.2, 0.25) is 0 Å². The molecule has 1 aromatic carbocycles. The summed E-state index contributed by atoms with van der Waals surface area (Å²) in [5, 5.41) is 2.57. The van der Waals surface area contributed by atoms with Gasteiger partial charge in [0, 0.05) is 10.6 Å². The van der Waals surface area contributed by atoms with Crippen LogP contribution in [0.25, 0.3) is 0 Å². The minimum atomic E-state index is -4.36. The maximum atomic E-state index is 12.3. The Bertz CT molecular complexity index is 416. The lowest BCUT2D eigenvalue weighted by atomic mass is 10.2.